The minimum Gasteiger partial charge on any atom is -0.550 e. The van der Waals surface area contributed by atoms with E-state index in [1.165, 1.54) is 0 Å². The SMILES string of the molecule is CCCCC(CC)C(=O)[O-].CCCCC(CC)C(=O)[O-].O.O.[Mo+2]. The van der Waals surface area contributed by atoms with Gasteiger partial charge in [0, 0.05) is 11.9 Å². The van der Waals surface area contributed by atoms with Crippen molar-refractivity contribution in [1.29, 1.82) is 0 Å². The van der Waals surface area contributed by atoms with Gasteiger partial charge in [-0.25, -0.2) is 0 Å². The van der Waals surface area contributed by atoms with Crippen molar-refractivity contribution >= 4 is 11.9 Å². The van der Waals surface area contributed by atoms with E-state index in [1.807, 2.05) is 13.8 Å². The second kappa shape index (κ2) is 23.8. The van der Waals surface area contributed by atoms with E-state index in [9.17, 15) is 19.8 Å². The maximum Gasteiger partial charge on any atom is 2.00 e. The maximum atomic E-state index is 10.3. The van der Waals surface area contributed by atoms with Crippen molar-refractivity contribution in [3.05, 3.63) is 0 Å². The van der Waals surface area contributed by atoms with Crippen LogP contribution in [0, 0.1) is 11.8 Å². The van der Waals surface area contributed by atoms with E-state index in [4.69, 9.17) is 0 Å². The maximum absolute atomic E-state index is 10.3. The van der Waals surface area contributed by atoms with Gasteiger partial charge in [0.15, 0.2) is 0 Å². The minimum atomic E-state index is -0.893. The van der Waals surface area contributed by atoms with E-state index in [0.29, 0.717) is 12.8 Å². The smallest absolute Gasteiger partial charge is 0.550 e. The summed E-state index contributed by atoms with van der Waals surface area (Å²) in [4.78, 5) is 20.7. The predicted molar refractivity (Wildman–Crippen MR) is 83.9 cm³/mol. The number of unbranched alkanes of at least 4 members (excludes halogenated alkanes) is 2. The summed E-state index contributed by atoms with van der Waals surface area (Å²) in [6.45, 7) is 7.89. The molecule has 0 spiro atoms. The second-order valence-electron chi connectivity index (χ2n) is 5.13. The molecule has 2 unspecified atom stereocenters. The van der Waals surface area contributed by atoms with Gasteiger partial charge in [0.25, 0.3) is 0 Å². The van der Waals surface area contributed by atoms with Crippen LogP contribution in [-0.4, -0.2) is 22.9 Å². The van der Waals surface area contributed by atoms with Gasteiger partial charge in [-0.1, -0.05) is 53.4 Å². The van der Waals surface area contributed by atoms with Gasteiger partial charge in [0.05, 0.1) is 0 Å². The molecule has 0 bridgehead atoms. The molecule has 23 heavy (non-hydrogen) atoms. The zero-order chi connectivity index (χ0) is 16.0. The van der Waals surface area contributed by atoms with E-state index in [-0.39, 0.29) is 43.9 Å². The molecule has 2 atom stereocenters. The largest absolute Gasteiger partial charge is 2.00 e. The molecule has 0 aliphatic rings. The van der Waals surface area contributed by atoms with Crippen molar-refractivity contribution in [1.82, 2.24) is 0 Å². The third kappa shape index (κ3) is 21.5. The molecule has 0 heterocycles. The third-order valence-electron chi connectivity index (χ3n) is 3.46. The summed E-state index contributed by atoms with van der Waals surface area (Å²) in [6.07, 6.45) is 7.04. The Bertz CT molecular complexity index is 235. The summed E-state index contributed by atoms with van der Waals surface area (Å²) < 4.78 is 0. The molecule has 0 aromatic heterocycles. The van der Waals surface area contributed by atoms with Crippen LogP contribution >= 0.6 is 0 Å². The molecule has 0 aliphatic carbocycles. The monoisotopic (exact) mass is 420 g/mol. The Morgan fingerprint density at radius 2 is 1.00 bits per heavy atom. The normalized spacial score (nSPS) is 11.3. The van der Waals surface area contributed by atoms with Crippen molar-refractivity contribution in [3.63, 3.8) is 0 Å². The molecule has 0 aromatic carbocycles. The van der Waals surface area contributed by atoms with Gasteiger partial charge >= 0.3 is 21.1 Å². The zero-order valence-corrected chi connectivity index (χ0v) is 16.9. The summed E-state index contributed by atoms with van der Waals surface area (Å²) in [5.41, 5.74) is 0. The Morgan fingerprint density at radius 1 is 0.739 bits per heavy atom. The summed E-state index contributed by atoms with van der Waals surface area (Å²) >= 11 is 0. The van der Waals surface area contributed by atoms with Crippen LogP contribution in [0.5, 0.6) is 0 Å². The van der Waals surface area contributed by atoms with Crippen molar-refractivity contribution in [2.45, 2.75) is 79.1 Å². The number of carboxylic acid groups (broad SMARTS) is 2. The van der Waals surface area contributed by atoms with E-state index >= 15 is 0 Å². The molecule has 0 fully saturated rings. The van der Waals surface area contributed by atoms with E-state index in [0.717, 1.165) is 38.5 Å². The molecule has 0 saturated heterocycles. The fraction of sp³-hybridized carbons (Fsp3) is 0.875. The standard InChI is InChI=1S/2C8H16O2.Mo.2H2O/c2*1-3-5-6-7(4-2)8(9)10;;;/h2*7H,3-6H2,1-2H3,(H,9,10);;2*1H2/q;;+2;;/p-2. The van der Waals surface area contributed by atoms with Crippen LogP contribution < -0.4 is 10.2 Å². The van der Waals surface area contributed by atoms with E-state index in [2.05, 4.69) is 13.8 Å². The predicted octanol–water partition coefficient (Wildman–Crippen LogP) is 0.253. The fourth-order valence-corrected chi connectivity index (χ4v) is 1.88. The van der Waals surface area contributed by atoms with Gasteiger partial charge in [0.2, 0.25) is 0 Å². The first-order valence-corrected chi connectivity index (χ1v) is 7.86. The molecule has 0 radical (unpaired) electrons. The average Bonchev–Trinajstić information content (AvgIpc) is 2.40. The molecule has 140 valence electrons. The van der Waals surface area contributed by atoms with Gasteiger partial charge in [-0.15, -0.1) is 0 Å². The molecule has 7 heteroatoms. The fourth-order valence-electron chi connectivity index (χ4n) is 1.88. The van der Waals surface area contributed by atoms with Crippen LogP contribution in [0.1, 0.15) is 79.1 Å². The van der Waals surface area contributed by atoms with Crippen LogP contribution in [0.3, 0.4) is 0 Å². The summed E-state index contributed by atoms with van der Waals surface area (Å²) in [5.74, 6) is -2.23. The van der Waals surface area contributed by atoms with Crippen LogP contribution in [0.25, 0.3) is 0 Å². The Balaban J connectivity index is -0.0000000831. The topological polar surface area (TPSA) is 143 Å². The van der Waals surface area contributed by atoms with Crippen molar-refractivity contribution < 1.29 is 51.8 Å². The molecule has 0 saturated carbocycles. The molecule has 0 aliphatic heterocycles. The Morgan fingerprint density at radius 3 is 1.13 bits per heavy atom. The molecule has 0 amide bonds. The van der Waals surface area contributed by atoms with Gasteiger partial charge in [-0.05, 0) is 37.5 Å². The zero-order valence-electron chi connectivity index (χ0n) is 14.9. The molecular weight excluding hydrogens is 384 g/mol. The average molecular weight is 418 g/mol. The van der Waals surface area contributed by atoms with Crippen molar-refractivity contribution in [2.75, 3.05) is 0 Å². The van der Waals surface area contributed by atoms with Gasteiger partial charge in [-0.2, -0.15) is 0 Å². The Hall–Kier alpha value is -0.452. The van der Waals surface area contributed by atoms with Crippen LogP contribution in [0.15, 0.2) is 0 Å². The number of hydrogen-bond acceptors (Lipinski definition) is 4. The number of rotatable bonds is 10. The van der Waals surface area contributed by atoms with Crippen molar-refractivity contribution in [2.24, 2.45) is 11.8 Å². The van der Waals surface area contributed by atoms with E-state index in [1.54, 1.807) is 0 Å². The van der Waals surface area contributed by atoms with Gasteiger partial charge in [0.1, 0.15) is 0 Å². The summed E-state index contributed by atoms with van der Waals surface area (Å²) in [7, 11) is 0. The quantitative estimate of drug-likeness (QED) is 0.469. The summed E-state index contributed by atoms with van der Waals surface area (Å²) in [6, 6.07) is 0. The summed E-state index contributed by atoms with van der Waals surface area (Å²) in [5, 5.41) is 20.7. The number of carbonyl (C=O) groups is 2. The van der Waals surface area contributed by atoms with Crippen molar-refractivity contribution in [3.8, 4) is 0 Å². The number of aliphatic carboxylic acids is 2. The first-order valence-electron chi connectivity index (χ1n) is 7.86. The Labute approximate surface area is 154 Å². The molecular formula is C16H34MoO6. The number of carboxylic acids is 2. The molecule has 4 N–H and O–H groups in total. The van der Waals surface area contributed by atoms with Crippen LogP contribution in [-0.2, 0) is 30.7 Å². The van der Waals surface area contributed by atoms with Gasteiger partial charge in [-0.3, -0.25) is 0 Å². The number of hydrogen-bond donors (Lipinski definition) is 0. The first-order chi connectivity index (χ1) is 9.44. The molecule has 6 nitrogen and oxygen atoms in total. The van der Waals surface area contributed by atoms with Crippen LogP contribution in [0.2, 0.25) is 0 Å². The second-order valence-corrected chi connectivity index (χ2v) is 5.13. The minimum absolute atomic E-state index is 0. The third-order valence-corrected chi connectivity index (χ3v) is 3.46. The molecule has 0 aromatic rings. The first kappa shape index (κ1) is 34.0. The van der Waals surface area contributed by atoms with E-state index < -0.39 is 11.9 Å². The molecule has 0 rings (SSSR count). The van der Waals surface area contributed by atoms with Gasteiger partial charge < -0.3 is 30.8 Å². The Kier molecular flexibility index (Phi) is 35.2. The van der Waals surface area contributed by atoms with Crippen LogP contribution in [0.4, 0.5) is 0 Å². The number of carbonyl (C=O) groups excluding carboxylic acids is 2.